The molecule has 170 valence electrons. The number of hydrogen-bond acceptors (Lipinski definition) is 5. The van der Waals surface area contributed by atoms with Gasteiger partial charge >= 0.3 is 0 Å². The van der Waals surface area contributed by atoms with Crippen molar-refractivity contribution >= 4 is 11.6 Å². The van der Waals surface area contributed by atoms with E-state index < -0.39 is 5.82 Å². The first-order valence-electron chi connectivity index (χ1n) is 10.6. The van der Waals surface area contributed by atoms with Crippen molar-refractivity contribution in [1.82, 2.24) is 4.90 Å². The van der Waals surface area contributed by atoms with Gasteiger partial charge in [-0.3, -0.25) is 4.79 Å². The Hall–Kier alpha value is -3.87. The Balaban J connectivity index is 1.51. The molecule has 4 rings (SSSR count). The molecule has 6 nitrogen and oxygen atoms in total. The van der Waals surface area contributed by atoms with E-state index in [0.29, 0.717) is 24.5 Å². The maximum absolute atomic E-state index is 14.3. The van der Waals surface area contributed by atoms with Crippen LogP contribution in [0.1, 0.15) is 27.9 Å². The third-order valence-electron chi connectivity index (χ3n) is 5.48. The highest BCUT2D eigenvalue weighted by molar-refractivity contribution is 6.02. The van der Waals surface area contributed by atoms with Gasteiger partial charge < -0.3 is 19.2 Å². The molecule has 0 N–H and O–H groups in total. The van der Waals surface area contributed by atoms with E-state index in [9.17, 15) is 9.18 Å². The lowest BCUT2D eigenvalue weighted by Crippen LogP contribution is -2.37. The van der Waals surface area contributed by atoms with Crippen LogP contribution in [0.15, 0.2) is 78.0 Å². The van der Waals surface area contributed by atoms with E-state index >= 15 is 0 Å². The zero-order valence-electron chi connectivity index (χ0n) is 18.5. The molecule has 7 heteroatoms. The second-order valence-electron chi connectivity index (χ2n) is 7.69. The highest BCUT2D eigenvalue weighted by Gasteiger charge is 2.28. The van der Waals surface area contributed by atoms with Gasteiger partial charge in [-0.2, -0.15) is 0 Å². The van der Waals surface area contributed by atoms with Crippen molar-refractivity contribution in [1.29, 1.82) is 0 Å². The molecule has 0 bridgehead atoms. The zero-order chi connectivity index (χ0) is 23.2. The molecule has 1 aliphatic heterocycles. The Kier molecular flexibility index (Phi) is 6.88. The second-order valence-corrected chi connectivity index (χ2v) is 7.69. The van der Waals surface area contributed by atoms with Crippen LogP contribution in [-0.2, 0) is 11.4 Å². The van der Waals surface area contributed by atoms with Gasteiger partial charge in [-0.15, -0.1) is 0 Å². The van der Waals surface area contributed by atoms with Crippen molar-refractivity contribution in [2.24, 2.45) is 5.16 Å². The lowest BCUT2D eigenvalue weighted by Gasteiger charge is -2.25. The minimum absolute atomic E-state index is 0.0347. The summed E-state index contributed by atoms with van der Waals surface area (Å²) in [6.45, 7) is 0.599. The van der Waals surface area contributed by atoms with E-state index in [0.717, 1.165) is 16.8 Å². The SMILES string of the molecule is COc1ccc(C2=NOC(CN(Cc3ccccc3)C(=O)c3ccccc3F)C2)cc1OC. The fraction of sp³-hybridized carbons (Fsp3) is 0.231. The molecule has 0 aromatic heterocycles. The molecule has 1 aliphatic rings. The number of carbonyl (C=O) groups is 1. The number of methoxy groups -OCH3 is 2. The van der Waals surface area contributed by atoms with E-state index in [1.54, 1.807) is 31.3 Å². The van der Waals surface area contributed by atoms with Gasteiger partial charge in [0.05, 0.1) is 32.0 Å². The molecule has 0 saturated carbocycles. The number of benzene rings is 3. The number of nitrogens with zero attached hydrogens (tertiary/aromatic N) is 2. The van der Waals surface area contributed by atoms with E-state index in [4.69, 9.17) is 14.3 Å². The van der Waals surface area contributed by atoms with Gasteiger partial charge in [0, 0.05) is 18.5 Å². The average molecular weight is 448 g/mol. The van der Waals surface area contributed by atoms with Gasteiger partial charge in [-0.05, 0) is 35.9 Å². The molecule has 1 amide bonds. The van der Waals surface area contributed by atoms with Crippen LogP contribution in [0.5, 0.6) is 11.5 Å². The number of oxime groups is 1. The molecule has 0 fully saturated rings. The van der Waals surface area contributed by atoms with E-state index in [1.807, 2.05) is 48.5 Å². The first kappa shape index (κ1) is 22.3. The molecule has 3 aromatic carbocycles. The summed E-state index contributed by atoms with van der Waals surface area (Å²) >= 11 is 0. The first-order valence-corrected chi connectivity index (χ1v) is 10.6. The Morgan fingerprint density at radius 3 is 2.48 bits per heavy atom. The van der Waals surface area contributed by atoms with Crippen LogP contribution in [0.3, 0.4) is 0 Å². The first-order chi connectivity index (χ1) is 16.1. The summed E-state index contributed by atoms with van der Waals surface area (Å²) in [4.78, 5) is 20.5. The molecule has 33 heavy (non-hydrogen) atoms. The Morgan fingerprint density at radius 2 is 1.76 bits per heavy atom. The van der Waals surface area contributed by atoms with Crippen LogP contribution in [0, 0.1) is 5.82 Å². The summed E-state index contributed by atoms with van der Waals surface area (Å²) in [6.07, 6.45) is 0.151. The van der Waals surface area contributed by atoms with Gasteiger partial charge in [-0.1, -0.05) is 47.6 Å². The maximum atomic E-state index is 14.3. The summed E-state index contributed by atoms with van der Waals surface area (Å²) in [5.74, 6) is 0.290. The van der Waals surface area contributed by atoms with E-state index in [-0.39, 0.29) is 24.1 Å². The molecule has 0 spiro atoms. The summed E-state index contributed by atoms with van der Waals surface area (Å²) in [5, 5.41) is 4.24. The highest BCUT2D eigenvalue weighted by atomic mass is 19.1. The molecule has 1 atom stereocenters. The van der Waals surface area contributed by atoms with Crippen LogP contribution in [0.25, 0.3) is 0 Å². The van der Waals surface area contributed by atoms with Crippen molar-refractivity contribution in [3.05, 3.63) is 95.3 Å². The molecule has 3 aromatic rings. The lowest BCUT2D eigenvalue weighted by atomic mass is 10.0. The quantitative estimate of drug-likeness (QED) is 0.502. The molecule has 0 radical (unpaired) electrons. The van der Waals surface area contributed by atoms with Gasteiger partial charge in [-0.25, -0.2) is 4.39 Å². The molecular formula is C26H25FN2O4. The number of rotatable bonds is 8. The summed E-state index contributed by atoms with van der Waals surface area (Å²) in [7, 11) is 3.16. The second kappa shape index (κ2) is 10.2. The fourth-order valence-electron chi connectivity index (χ4n) is 3.79. The van der Waals surface area contributed by atoms with Crippen molar-refractivity contribution in [3.63, 3.8) is 0 Å². The standard InChI is InChI=1S/C26H25FN2O4/c1-31-24-13-12-19(14-25(24)32-2)23-15-20(33-28-23)17-29(16-18-8-4-3-5-9-18)26(30)21-10-6-7-11-22(21)27/h3-14,20H,15-17H2,1-2H3. The van der Waals surface area contributed by atoms with E-state index in [1.165, 1.54) is 12.1 Å². The molecular weight excluding hydrogens is 423 g/mol. The molecule has 1 unspecified atom stereocenters. The average Bonchev–Trinajstić information content (AvgIpc) is 3.32. The minimum Gasteiger partial charge on any atom is -0.493 e. The monoisotopic (exact) mass is 448 g/mol. The van der Waals surface area contributed by atoms with Crippen LogP contribution >= 0.6 is 0 Å². The topological polar surface area (TPSA) is 60.4 Å². The largest absolute Gasteiger partial charge is 0.493 e. The van der Waals surface area contributed by atoms with Crippen molar-refractivity contribution in [2.75, 3.05) is 20.8 Å². The lowest BCUT2D eigenvalue weighted by molar-refractivity contribution is 0.0402. The number of amides is 1. The van der Waals surface area contributed by atoms with Crippen molar-refractivity contribution < 1.29 is 23.5 Å². The minimum atomic E-state index is -0.546. The number of ether oxygens (including phenoxy) is 2. The fourth-order valence-corrected chi connectivity index (χ4v) is 3.79. The van der Waals surface area contributed by atoms with Gasteiger partial charge in [0.1, 0.15) is 5.82 Å². The highest BCUT2D eigenvalue weighted by Crippen LogP contribution is 2.30. The third kappa shape index (κ3) is 5.14. The Morgan fingerprint density at radius 1 is 1.03 bits per heavy atom. The normalized spacial score (nSPS) is 14.9. The smallest absolute Gasteiger partial charge is 0.257 e. The van der Waals surface area contributed by atoms with Gasteiger partial charge in [0.2, 0.25) is 0 Å². The predicted octanol–water partition coefficient (Wildman–Crippen LogP) is 4.68. The van der Waals surface area contributed by atoms with E-state index in [2.05, 4.69) is 5.16 Å². The Bertz CT molecular complexity index is 1150. The van der Waals surface area contributed by atoms with Crippen molar-refractivity contribution in [3.8, 4) is 11.5 Å². The third-order valence-corrected chi connectivity index (χ3v) is 5.48. The molecule has 0 aliphatic carbocycles. The van der Waals surface area contributed by atoms with Gasteiger partial charge in [0.15, 0.2) is 17.6 Å². The summed E-state index contributed by atoms with van der Waals surface area (Å²) in [6, 6.07) is 21.1. The van der Waals surface area contributed by atoms with Crippen LogP contribution < -0.4 is 9.47 Å². The maximum Gasteiger partial charge on any atom is 0.257 e. The van der Waals surface area contributed by atoms with Crippen molar-refractivity contribution in [2.45, 2.75) is 19.1 Å². The number of hydrogen-bond donors (Lipinski definition) is 0. The zero-order valence-corrected chi connectivity index (χ0v) is 18.5. The summed E-state index contributed by atoms with van der Waals surface area (Å²) in [5.41, 5.74) is 2.58. The number of halogens is 1. The summed E-state index contributed by atoms with van der Waals surface area (Å²) < 4.78 is 25.0. The predicted molar refractivity (Wildman–Crippen MR) is 123 cm³/mol. The van der Waals surface area contributed by atoms with Crippen LogP contribution in [0.4, 0.5) is 4.39 Å². The Labute approximate surface area is 192 Å². The van der Waals surface area contributed by atoms with Gasteiger partial charge in [0.25, 0.3) is 5.91 Å². The van der Waals surface area contributed by atoms with Crippen LogP contribution in [0.2, 0.25) is 0 Å². The number of carbonyl (C=O) groups excluding carboxylic acids is 1. The van der Waals surface area contributed by atoms with Crippen LogP contribution in [-0.4, -0.2) is 43.4 Å². The molecule has 1 heterocycles. The molecule has 0 saturated heterocycles.